The molecule has 5 rings (SSSR count). The number of furan rings is 1. The van der Waals surface area contributed by atoms with Gasteiger partial charge in [-0.05, 0) is 23.8 Å². The van der Waals surface area contributed by atoms with E-state index in [9.17, 15) is 0 Å². The first-order valence-electron chi connectivity index (χ1n) is 9.11. The maximum Gasteiger partial charge on any atom is 0.223 e. The van der Waals surface area contributed by atoms with Crippen LogP contribution < -0.4 is 4.81 Å². The number of rotatable bonds is 3. The highest BCUT2D eigenvalue weighted by molar-refractivity contribution is 6.25. The zero-order valence-electron chi connectivity index (χ0n) is 15.1. The first kappa shape index (κ1) is 15.8. The number of benzene rings is 4. The molecule has 0 bridgehead atoms. The van der Waals surface area contributed by atoms with E-state index in [1.165, 1.54) is 5.56 Å². The third-order valence-electron chi connectivity index (χ3n) is 5.09. The topological polar surface area (TPSA) is 16.4 Å². The molecule has 0 amide bonds. The highest BCUT2D eigenvalue weighted by Crippen LogP contribution is 2.40. The second-order valence-electron chi connectivity index (χ2n) is 6.70. The van der Waals surface area contributed by atoms with Crippen LogP contribution in [0.4, 0.5) is 11.4 Å². The smallest absolute Gasteiger partial charge is 0.223 e. The summed E-state index contributed by atoms with van der Waals surface area (Å²) < 4.78 is 6.47. The van der Waals surface area contributed by atoms with E-state index in [4.69, 9.17) is 4.42 Å². The highest BCUT2D eigenvalue weighted by atomic mass is 16.3. The minimum absolute atomic E-state index is 0.919. The molecule has 0 N–H and O–H groups in total. The summed E-state index contributed by atoms with van der Waals surface area (Å²) in [5.41, 5.74) is 6.34. The Bertz CT molecular complexity index is 1230. The van der Waals surface area contributed by atoms with Crippen molar-refractivity contribution in [1.82, 2.24) is 0 Å². The van der Waals surface area contributed by atoms with E-state index in [1.807, 2.05) is 12.1 Å². The summed E-state index contributed by atoms with van der Waals surface area (Å²) >= 11 is 0. The summed E-state index contributed by atoms with van der Waals surface area (Å²) in [6.45, 7) is 0. The van der Waals surface area contributed by atoms with Gasteiger partial charge >= 0.3 is 0 Å². The second-order valence-corrected chi connectivity index (χ2v) is 6.70. The molecule has 0 fully saturated rings. The normalized spacial score (nSPS) is 11.1. The van der Waals surface area contributed by atoms with Crippen molar-refractivity contribution in [3.8, 4) is 11.1 Å². The van der Waals surface area contributed by atoms with Crippen LogP contribution >= 0.6 is 0 Å². The minimum atomic E-state index is 0.919. The molecule has 0 saturated heterocycles. The van der Waals surface area contributed by atoms with Crippen LogP contribution in [0.5, 0.6) is 0 Å². The fourth-order valence-corrected chi connectivity index (χ4v) is 3.71. The van der Waals surface area contributed by atoms with Crippen LogP contribution in [-0.2, 0) is 0 Å². The van der Waals surface area contributed by atoms with Crippen molar-refractivity contribution in [1.29, 1.82) is 0 Å². The second kappa shape index (κ2) is 6.37. The molecular formula is C24H18BNO. The van der Waals surface area contributed by atoms with E-state index in [2.05, 4.69) is 97.7 Å². The summed E-state index contributed by atoms with van der Waals surface area (Å²) in [4.78, 5) is 2.17. The molecule has 0 saturated carbocycles. The Labute approximate surface area is 159 Å². The molecule has 27 heavy (non-hydrogen) atoms. The predicted molar refractivity (Wildman–Crippen MR) is 116 cm³/mol. The van der Waals surface area contributed by atoms with Gasteiger partial charge in [-0.3, -0.25) is 0 Å². The molecule has 0 aliphatic rings. The Morgan fingerprint density at radius 2 is 1.22 bits per heavy atom. The van der Waals surface area contributed by atoms with E-state index in [-0.39, 0.29) is 0 Å². The SMILES string of the molecule is BN(c1ccccc1)c1cccc2c1oc1c(-c3ccccc3)cccc12. The van der Waals surface area contributed by atoms with Gasteiger partial charge in [0.2, 0.25) is 7.98 Å². The monoisotopic (exact) mass is 347 g/mol. The number of hydrogen-bond donors (Lipinski definition) is 0. The summed E-state index contributed by atoms with van der Waals surface area (Å²) in [6.07, 6.45) is 0. The predicted octanol–water partition coefficient (Wildman–Crippen LogP) is 5.94. The lowest BCUT2D eigenvalue weighted by Crippen LogP contribution is -2.11. The van der Waals surface area contributed by atoms with Gasteiger partial charge in [-0.25, -0.2) is 0 Å². The fourth-order valence-electron chi connectivity index (χ4n) is 3.71. The maximum absolute atomic E-state index is 6.47. The van der Waals surface area contributed by atoms with Gasteiger partial charge in [-0.1, -0.05) is 78.9 Å². The average Bonchev–Trinajstić information content (AvgIpc) is 3.13. The lowest BCUT2D eigenvalue weighted by atomic mass is 10.0. The maximum atomic E-state index is 6.47. The molecular weight excluding hydrogens is 329 g/mol. The third kappa shape index (κ3) is 2.60. The van der Waals surface area contributed by atoms with Crippen molar-refractivity contribution in [3.63, 3.8) is 0 Å². The highest BCUT2D eigenvalue weighted by Gasteiger charge is 2.16. The van der Waals surface area contributed by atoms with Gasteiger partial charge < -0.3 is 9.23 Å². The fraction of sp³-hybridized carbons (Fsp3) is 0. The van der Waals surface area contributed by atoms with Gasteiger partial charge in [0.1, 0.15) is 5.58 Å². The van der Waals surface area contributed by atoms with Crippen molar-refractivity contribution < 1.29 is 4.42 Å². The van der Waals surface area contributed by atoms with Crippen LogP contribution in [-0.4, -0.2) is 7.98 Å². The third-order valence-corrected chi connectivity index (χ3v) is 5.09. The molecule has 4 aromatic carbocycles. The van der Waals surface area contributed by atoms with Gasteiger partial charge in [0.15, 0.2) is 5.58 Å². The van der Waals surface area contributed by atoms with Gasteiger partial charge in [0.25, 0.3) is 0 Å². The van der Waals surface area contributed by atoms with Crippen molar-refractivity contribution in [2.45, 2.75) is 0 Å². The van der Waals surface area contributed by atoms with E-state index in [0.717, 1.165) is 38.9 Å². The first-order chi connectivity index (χ1) is 13.3. The Balaban J connectivity index is 1.76. The molecule has 128 valence electrons. The van der Waals surface area contributed by atoms with Crippen LogP contribution in [0.15, 0.2) is 101 Å². The van der Waals surface area contributed by atoms with Gasteiger partial charge in [0, 0.05) is 22.0 Å². The quantitative estimate of drug-likeness (QED) is 0.376. The molecule has 1 aromatic heterocycles. The lowest BCUT2D eigenvalue weighted by molar-refractivity contribution is 0.670. The standard InChI is InChI=1S/C24H18BNO/c25-26(18-11-5-2-6-12-18)22-16-8-15-21-20-14-7-13-19(23(20)27-24(21)22)17-9-3-1-4-10-17/h1-16H,25H2. The number of fused-ring (bicyclic) bond motifs is 3. The molecule has 0 unspecified atom stereocenters. The van der Waals surface area contributed by atoms with Gasteiger partial charge in [-0.2, -0.15) is 0 Å². The summed E-state index contributed by atoms with van der Waals surface area (Å²) in [6, 6.07) is 33.5. The summed E-state index contributed by atoms with van der Waals surface area (Å²) in [5.74, 6) is 0. The molecule has 0 aliphatic heterocycles. The minimum Gasteiger partial charge on any atom is -0.453 e. The van der Waals surface area contributed by atoms with E-state index >= 15 is 0 Å². The van der Waals surface area contributed by atoms with Gasteiger partial charge in [0.05, 0.1) is 5.69 Å². The molecule has 2 nitrogen and oxygen atoms in total. The molecule has 0 aliphatic carbocycles. The Hall–Kier alpha value is -3.46. The first-order valence-corrected chi connectivity index (χ1v) is 9.11. The van der Waals surface area contributed by atoms with Crippen LogP contribution in [0.2, 0.25) is 0 Å². The summed E-state index contributed by atoms with van der Waals surface area (Å²) in [7, 11) is 2.08. The number of hydrogen-bond acceptors (Lipinski definition) is 2. The zero-order chi connectivity index (χ0) is 18.2. The molecule has 1 heterocycles. The van der Waals surface area contributed by atoms with Crippen molar-refractivity contribution in [2.24, 2.45) is 0 Å². The Morgan fingerprint density at radius 1 is 0.593 bits per heavy atom. The number of nitrogens with zero attached hydrogens (tertiary/aromatic N) is 1. The largest absolute Gasteiger partial charge is 0.453 e. The molecule has 3 heteroatoms. The van der Waals surface area contributed by atoms with Crippen LogP contribution in [0, 0.1) is 0 Å². The van der Waals surface area contributed by atoms with Crippen molar-refractivity contribution >= 4 is 41.3 Å². The van der Waals surface area contributed by atoms with Crippen LogP contribution in [0.1, 0.15) is 0 Å². The van der Waals surface area contributed by atoms with Crippen molar-refractivity contribution in [3.05, 3.63) is 97.1 Å². The van der Waals surface area contributed by atoms with Crippen molar-refractivity contribution in [2.75, 3.05) is 4.81 Å². The van der Waals surface area contributed by atoms with Crippen LogP contribution in [0.25, 0.3) is 33.1 Å². The van der Waals surface area contributed by atoms with Crippen LogP contribution in [0.3, 0.4) is 0 Å². The van der Waals surface area contributed by atoms with Gasteiger partial charge in [-0.15, -0.1) is 0 Å². The van der Waals surface area contributed by atoms with E-state index in [0.29, 0.717) is 0 Å². The average molecular weight is 347 g/mol. The molecule has 0 radical (unpaired) electrons. The Morgan fingerprint density at radius 3 is 1.96 bits per heavy atom. The lowest BCUT2D eigenvalue weighted by Gasteiger charge is -2.20. The summed E-state index contributed by atoms with van der Waals surface area (Å²) in [5, 5.41) is 2.29. The number of para-hydroxylation sites is 3. The molecule has 0 atom stereocenters. The molecule has 5 aromatic rings. The number of anilines is 2. The Kier molecular flexibility index (Phi) is 3.72. The zero-order valence-corrected chi connectivity index (χ0v) is 15.1. The van der Waals surface area contributed by atoms with E-state index in [1.54, 1.807) is 0 Å². The van der Waals surface area contributed by atoms with E-state index < -0.39 is 0 Å². The molecule has 0 spiro atoms.